The van der Waals surface area contributed by atoms with Crippen molar-refractivity contribution in [2.24, 2.45) is 0 Å². The van der Waals surface area contributed by atoms with E-state index in [9.17, 15) is 0 Å². The van der Waals surface area contributed by atoms with Gasteiger partial charge in [0.1, 0.15) is 5.82 Å². The number of nitrogens with one attached hydrogen (secondary N) is 1. The predicted octanol–water partition coefficient (Wildman–Crippen LogP) is 2.24. The Morgan fingerprint density at radius 2 is 2.23 bits per heavy atom. The third kappa shape index (κ3) is 0.978. The van der Waals surface area contributed by atoms with Crippen LogP contribution in [0, 0.1) is 6.92 Å². The van der Waals surface area contributed by atoms with Crippen molar-refractivity contribution < 1.29 is 0 Å². The molecule has 1 fully saturated rings. The molecule has 1 aromatic heterocycles. The summed E-state index contributed by atoms with van der Waals surface area (Å²) in [6.45, 7) is 3.22. The lowest BCUT2D eigenvalue weighted by Gasteiger charge is -2.25. The van der Waals surface area contributed by atoms with E-state index in [0.29, 0.717) is 5.41 Å². The van der Waals surface area contributed by atoms with Crippen LogP contribution < -0.4 is 5.32 Å². The molecule has 0 saturated heterocycles. The summed E-state index contributed by atoms with van der Waals surface area (Å²) >= 11 is 0. The number of hydrogen-bond donors (Lipinski definition) is 1. The number of hydrogen-bond acceptors (Lipinski definition) is 2. The molecule has 1 aromatic rings. The standard InChI is InChI=1S/C11H14N2/c1-8-6-9-10(13-7-8)12-5-4-11(9)2-3-11/h6-7H,2-5H2,1H3,(H,12,13). The summed E-state index contributed by atoms with van der Waals surface area (Å²) in [7, 11) is 0. The van der Waals surface area contributed by atoms with Crippen molar-refractivity contribution in [1.29, 1.82) is 0 Å². The maximum Gasteiger partial charge on any atom is 0.129 e. The fourth-order valence-electron chi connectivity index (χ4n) is 2.34. The maximum absolute atomic E-state index is 4.44. The molecule has 1 aliphatic carbocycles. The number of pyridine rings is 1. The molecule has 3 rings (SSSR count). The zero-order chi connectivity index (χ0) is 8.89. The van der Waals surface area contributed by atoms with Crippen LogP contribution in [0.4, 0.5) is 5.82 Å². The molecule has 1 saturated carbocycles. The van der Waals surface area contributed by atoms with Gasteiger partial charge in [-0.25, -0.2) is 4.98 Å². The van der Waals surface area contributed by atoms with E-state index in [1.165, 1.54) is 30.4 Å². The SMILES string of the molecule is Cc1cnc2c(c1)C1(CCN2)CC1. The fourth-order valence-corrected chi connectivity index (χ4v) is 2.34. The second-order valence-corrected chi connectivity index (χ2v) is 4.37. The van der Waals surface area contributed by atoms with Crippen LogP contribution in [0.15, 0.2) is 12.3 Å². The van der Waals surface area contributed by atoms with E-state index in [4.69, 9.17) is 0 Å². The van der Waals surface area contributed by atoms with Gasteiger partial charge in [-0.1, -0.05) is 6.07 Å². The summed E-state index contributed by atoms with van der Waals surface area (Å²) in [5, 5.41) is 3.37. The number of rotatable bonds is 0. The highest BCUT2D eigenvalue weighted by atomic mass is 15.0. The first-order chi connectivity index (χ1) is 6.30. The Morgan fingerprint density at radius 1 is 1.38 bits per heavy atom. The number of aromatic nitrogens is 1. The van der Waals surface area contributed by atoms with E-state index >= 15 is 0 Å². The number of nitrogens with zero attached hydrogens (tertiary/aromatic N) is 1. The number of fused-ring (bicyclic) bond motifs is 2. The van der Waals surface area contributed by atoms with Crippen molar-refractivity contribution in [3.8, 4) is 0 Å². The molecule has 0 aromatic carbocycles. The van der Waals surface area contributed by atoms with E-state index in [2.05, 4.69) is 23.3 Å². The Hall–Kier alpha value is -1.05. The molecule has 1 N–H and O–H groups in total. The first-order valence-electron chi connectivity index (χ1n) is 5.01. The Balaban J connectivity index is 2.16. The van der Waals surface area contributed by atoms with Gasteiger partial charge in [0.25, 0.3) is 0 Å². The van der Waals surface area contributed by atoms with Crippen molar-refractivity contribution in [2.45, 2.75) is 31.6 Å². The topological polar surface area (TPSA) is 24.9 Å². The Morgan fingerprint density at radius 3 is 3.00 bits per heavy atom. The molecule has 0 unspecified atom stereocenters. The normalized spacial score (nSPS) is 22.2. The van der Waals surface area contributed by atoms with Crippen molar-refractivity contribution >= 4 is 5.82 Å². The molecular formula is C11H14N2. The van der Waals surface area contributed by atoms with Crippen LogP contribution in [-0.4, -0.2) is 11.5 Å². The maximum atomic E-state index is 4.44. The molecular weight excluding hydrogens is 160 g/mol. The average molecular weight is 174 g/mol. The van der Waals surface area contributed by atoms with Gasteiger partial charge in [-0.3, -0.25) is 0 Å². The van der Waals surface area contributed by atoms with Gasteiger partial charge in [0.05, 0.1) is 0 Å². The first-order valence-corrected chi connectivity index (χ1v) is 5.01. The molecule has 2 aliphatic rings. The van der Waals surface area contributed by atoms with Crippen LogP contribution in [0.5, 0.6) is 0 Å². The second-order valence-electron chi connectivity index (χ2n) is 4.37. The van der Waals surface area contributed by atoms with Crippen LogP contribution in [-0.2, 0) is 5.41 Å². The van der Waals surface area contributed by atoms with Gasteiger partial charge in [0.2, 0.25) is 0 Å². The van der Waals surface area contributed by atoms with Crippen LogP contribution in [0.1, 0.15) is 30.4 Å². The van der Waals surface area contributed by atoms with Crippen molar-refractivity contribution in [1.82, 2.24) is 4.98 Å². The minimum atomic E-state index is 0.527. The molecule has 0 radical (unpaired) electrons. The lowest BCUT2D eigenvalue weighted by Crippen LogP contribution is -2.22. The Labute approximate surface area is 78.4 Å². The van der Waals surface area contributed by atoms with Crippen LogP contribution in [0.2, 0.25) is 0 Å². The largest absolute Gasteiger partial charge is 0.370 e. The third-order valence-electron chi connectivity index (χ3n) is 3.35. The number of anilines is 1. The van der Waals surface area contributed by atoms with Crippen LogP contribution >= 0.6 is 0 Å². The van der Waals surface area contributed by atoms with Gasteiger partial charge in [0.15, 0.2) is 0 Å². The summed E-state index contributed by atoms with van der Waals surface area (Å²) in [5.41, 5.74) is 3.28. The van der Waals surface area contributed by atoms with Gasteiger partial charge < -0.3 is 5.32 Å². The van der Waals surface area contributed by atoms with Gasteiger partial charge in [0, 0.05) is 23.7 Å². The molecule has 2 heteroatoms. The van der Waals surface area contributed by atoms with Gasteiger partial charge >= 0.3 is 0 Å². The van der Waals surface area contributed by atoms with E-state index in [1.54, 1.807) is 0 Å². The summed E-state index contributed by atoms with van der Waals surface area (Å²) in [6.07, 6.45) is 5.98. The highest BCUT2D eigenvalue weighted by Crippen LogP contribution is 2.54. The van der Waals surface area contributed by atoms with E-state index < -0.39 is 0 Å². The lowest BCUT2D eigenvalue weighted by molar-refractivity contribution is 0.616. The van der Waals surface area contributed by atoms with Crippen LogP contribution in [0.25, 0.3) is 0 Å². The second kappa shape index (κ2) is 2.25. The summed E-state index contributed by atoms with van der Waals surface area (Å²) in [6, 6.07) is 2.31. The smallest absolute Gasteiger partial charge is 0.129 e. The van der Waals surface area contributed by atoms with E-state index in [1.807, 2.05) is 6.20 Å². The molecule has 1 spiro atoms. The Bertz CT molecular complexity index is 353. The fraction of sp³-hybridized carbons (Fsp3) is 0.545. The molecule has 2 heterocycles. The molecule has 0 bridgehead atoms. The van der Waals surface area contributed by atoms with E-state index in [0.717, 1.165) is 12.4 Å². The quantitative estimate of drug-likeness (QED) is 0.652. The molecule has 0 amide bonds. The van der Waals surface area contributed by atoms with E-state index in [-0.39, 0.29) is 0 Å². The Kier molecular flexibility index (Phi) is 1.27. The molecule has 13 heavy (non-hydrogen) atoms. The van der Waals surface area contributed by atoms with Gasteiger partial charge in [-0.05, 0) is 31.7 Å². The molecule has 2 nitrogen and oxygen atoms in total. The molecule has 1 aliphatic heterocycles. The third-order valence-corrected chi connectivity index (χ3v) is 3.35. The minimum Gasteiger partial charge on any atom is -0.370 e. The summed E-state index contributed by atoms with van der Waals surface area (Å²) in [4.78, 5) is 4.44. The number of aryl methyl sites for hydroxylation is 1. The summed E-state index contributed by atoms with van der Waals surface area (Å²) in [5.74, 6) is 1.13. The van der Waals surface area contributed by atoms with Gasteiger partial charge in [-0.15, -0.1) is 0 Å². The molecule has 68 valence electrons. The predicted molar refractivity (Wildman–Crippen MR) is 53.0 cm³/mol. The molecule has 0 atom stereocenters. The van der Waals surface area contributed by atoms with Gasteiger partial charge in [-0.2, -0.15) is 0 Å². The van der Waals surface area contributed by atoms with Crippen molar-refractivity contribution in [2.75, 3.05) is 11.9 Å². The highest BCUT2D eigenvalue weighted by Gasteiger charge is 2.47. The zero-order valence-electron chi connectivity index (χ0n) is 7.93. The highest BCUT2D eigenvalue weighted by molar-refractivity contribution is 5.54. The summed E-state index contributed by atoms with van der Waals surface area (Å²) < 4.78 is 0. The average Bonchev–Trinajstić information content (AvgIpc) is 2.88. The minimum absolute atomic E-state index is 0.527. The lowest BCUT2D eigenvalue weighted by atomic mass is 9.89. The van der Waals surface area contributed by atoms with Crippen LogP contribution in [0.3, 0.4) is 0 Å². The zero-order valence-corrected chi connectivity index (χ0v) is 7.93. The first kappa shape index (κ1) is 7.36. The monoisotopic (exact) mass is 174 g/mol. The van der Waals surface area contributed by atoms with Crippen molar-refractivity contribution in [3.05, 3.63) is 23.4 Å². The van der Waals surface area contributed by atoms with Crippen molar-refractivity contribution in [3.63, 3.8) is 0 Å².